The average Bonchev–Trinajstić information content (AvgIpc) is 3.49. The Kier molecular flexibility index (Phi) is 5.16. The van der Waals surface area contributed by atoms with E-state index in [2.05, 4.69) is 15.3 Å². The van der Waals surface area contributed by atoms with E-state index in [9.17, 15) is 18.0 Å². The fraction of sp³-hybridized carbons (Fsp3) is 0.174. The summed E-state index contributed by atoms with van der Waals surface area (Å²) in [6.45, 7) is 2.93. The van der Waals surface area contributed by atoms with Gasteiger partial charge in [-0.05, 0) is 49.4 Å². The molecule has 2 aromatic carbocycles. The topological polar surface area (TPSA) is 64.7 Å². The highest BCUT2D eigenvalue weighted by molar-refractivity contribution is 7.18. The molecular weight excluding hydrogens is 451 g/mol. The predicted octanol–water partition coefficient (Wildman–Crippen LogP) is 5.19. The number of alkyl halides is 3. The minimum atomic E-state index is -4.40. The van der Waals surface area contributed by atoms with Crippen LogP contribution in [0.15, 0.2) is 61.2 Å². The van der Waals surface area contributed by atoms with Gasteiger partial charge in [-0.3, -0.25) is 9.36 Å². The molecule has 0 fully saturated rings. The van der Waals surface area contributed by atoms with Crippen molar-refractivity contribution in [2.75, 3.05) is 6.54 Å². The second kappa shape index (κ2) is 8.04. The van der Waals surface area contributed by atoms with Gasteiger partial charge in [0.05, 0.1) is 22.4 Å². The standard InChI is InChI=1S/C23H18F3N5OS/c1-14-29-20-18-12-15(21(32)28-9-11-30-10-8-27-13-30)2-7-19(18)31(22(20)33-14)17-5-3-16(4-6-17)23(24,25)26/h2-8,10,12-13H,9,11H2,1H3,(H,28,32). The van der Waals surface area contributed by atoms with Crippen molar-refractivity contribution in [1.82, 2.24) is 24.4 Å². The van der Waals surface area contributed by atoms with Crippen LogP contribution < -0.4 is 5.32 Å². The Morgan fingerprint density at radius 3 is 2.64 bits per heavy atom. The van der Waals surface area contributed by atoms with E-state index in [4.69, 9.17) is 0 Å². The van der Waals surface area contributed by atoms with Gasteiger partial charge in [-0.2, -0.15) is 13.2 Å². The zero-order chi connectivity index (χ0) is 23.2. The molecule has 168 valence electrons. The highest BCUT2D eigenvalue weighted by Gasteiger charge is 2.30. The smallest absolute Gasteiger partial charge is 0.350 e. The minimum absolute atomic E-state index is 0.209. The number of carbonyl (C=O) groups is 1. The quantitative estimate of drug-likeness (QED) is 0.385. The van der Waals surface area contributed by atoms with Gasteiger partial charge in [0.2, 0.25) is 0 Å². The van der Waals surface area contributed by atoms with E-state index < -0.39 is 11.7 Å². The Morgan fingerprint density at radius 2 is 1.94 bits per heavy atom. The van der Waals surface area contributed by atoms with Crippen LogP contribution >= 0.6 is 11.3 Å². The lowest BCUT2D eigenvalue weighted by Gasteiger charge is -2.10. The van der Waals surface area contributed by atoms with Crippen molar-refractivity contribution < 1.29 is 18.0 Å². The number of fused-ring (bicyclic) bond motifs is 3. The monoisotopic (exact) mass is 469 g/mol. The Balaban J connectivity index is 1.51. The molecule has 0 bridgehead atoms. The van der Waals surface area contributed by atoms with Gasteiger partial charge in [0.25, 0.3) is 5.91 Å². The van der Waals surface area contributed by atoms with E-state index in [1.165, 1.54) is 23.5 Å². The molecule has 1 amide bonds. The zero-order valence-electron chi connectivity index (χ0n) is 17.4. The maximum Gasteiger partial charge on any atom is 0.416 e. The van der Waals surface area contributed by atoms with Crippen LogP contribution in [0, 0.1) is 6.92 Å². The van der Waals surface area contributed by atoms with Crippen molar-refractivity contribution in [3.05, 3.63) is 77.3 Å². The number of aryl methyl sites for hydroxylation is 1. The summed E-state index contributed by atoms with van der Waals surface area (Å²) in [6.07, 6.45) is 0.791. The van der Waals surface area contributed by atoms with Crippen LogP contribution in [0.5, 0.6) is 0 Å². The van der Waals surface area contributed by atoms with Crippen molar-refractivity contribution in [1.29, 1.82) is 0 Å². The summed E-state index contributed by atoms with van der Waals surface area (Å²) in [6, 6.07) is 10.4. The molecule has 0 aliphatic heterocycles. The third kappa shape index (κ3) is 3.97. The molecule has 0 atom stereocenters. The average molecular weight is 469 g/mol. The molecule has 1 N–H and O–H groups in total. The number of halogens is 3. The molecule has 10 heteroatoms. The number of imidazole rings is 1. The van der Waals surface area contributed by atoms with Crippen molar-refractivity contribution in [3.63, 3.8) is 0 Å². The van der Waals surface area contributed by atoms with Crippen LogP contribution in [0.3, 0.4) is 0 Å². The molecule has 3 heterocycles. The molecule has 0 spiro atoms. The van der Waals surface area contributed by atoms with E-state index in [1.54, 1.807) is 24.7 Å². The Bertz CT molecular complexity index is 1450. The first-order valence-electron chi connectivity index (χ1n) is 10.1. The van der Waals surface area contributed by atoms with Gasteiger partial charge in [-0.1, -0.05) is 0 Å². The first kappa shape index (κ1) is 21.2. The number of nitrogens with zero attached hydrogens (tertiary/aromatic N) is 4. The maximum atomic E-state index is 13.0. The first-order chi connectivity index (χ1) is 15.8. The van der Waals surface area contributed by atoms with E-state index >= 15 is 0 Å². The number of amides is 1. The second-order valence-corrected chi connectivity index (χ2v) is 8.74. The number of rotatable bonds is 5. The van der Waals surface area contributed by atoms with E-state index in [-0.39, 0.29) is 5.91 Å². The van der Waals surface area contributed by atoms with Gasteiger partial charge in [0, 0.05) is 42.1 Å². The summed E-state index contributed by atoms with van der Waals surface area (Å²) in [5.41, 5.74) is 1.89. The maximum absolute atomic E-state index is 13.0. The lowest BCUT2D eigenvalue weighted by atomic mass is 10.1. The third-order valence-corrected chi connectivity index (χ3v) is 6.30. The highest BCUT2D eigenvalue weighted by atomic mass is 32.1. The van der Waals surface area contributed by atoms with Crippen LogP contribution in [0.2, 0.25) is 0 Å². The molecular formula is C23H18F3N5OS. The molecule has 3 aromatic heterocycles. The summed E-state index contributed by atoms with van der Waals surface area (Å²) in [5, 5.41) is 4.50. The van der Waals surface area contributed by atoms with E-state index in [0.717, 1.165) is 38.4 Å². The SMILES string of the molecule is Cc1nc2c3cc(C(=O)NCCn4ccnc4)ccc3n(-c3ccc(C(F)(F)F)cc3)c2s1. The molecule has 0 aliphatic rings. The molecule has 0 radical (unpaired) electrons. The number of hydrogen-bond donors (Lipinski definition) is 1. The highest BCUT2D eigenvalue weighted by Crippen LogP contribution is 2.36. The Hall–Kier alpha value is -3.66. The molecule has 5 aromatic rings. The summed E-state index contributed by atoms with van der Waals surface area (Å²) in [4.78, 5) is 22.1. The van der Waals surface area contributed by atoms with Crippen molar-refractivity contribution in [2.45, 2.75) is 19.6 Å². The Morgan fingerprint density at radius 1 is 1.15 bits per heavy atom. The fourth-order valence-corrected chi connectivity index (χ4v) is 4.75. The number of nitrogens with one attached hydrogen (secondary N) is 1. The molecule has 0 aliphatic carbocycles. The number of benzene rings is 2. The number of carbonyl (C=O) groups excluding carboxylic acids is 1. The zero-order valence-corrected chi connectivity index (χ0v) is 18.2. The molecule has 33 heavy (non-hydrogen) atoms. The van der Waals surface area contributed by atoms with Crippen LogP contribution in [-0.4, -0.2) is 31.6 Å². The van der Waals surface area contributed by atoms with Crippen molar-refractivity contribution in [2.24, 2.45) is 0 Å². The summed E-state index contributed by atoms with van der Waals surface area (Å²) < 4.78 is 42.8. The predicted molar refractivity (Wildman–Crippen MR) is 121 cm³/mol. The van der Waals surface area contributed by atoms with Crippen molar-refractivity contribution >= 4 is 38.5 Å². The Labute approximate surface area is 190 Å². The van der Waals surface area contributed by atoms with Gasteiger partial charge in [-0.25, -0.2) is 9.97 Å². The summed E-state index contributed by atoms with van der Waals surface area (Å²) >= 11 is 1.46. The van der Waals surface area contributed by atoms with Crippen LogP contribution in [0.4, 0.5) is 13.2 Å². The second-order valence-electron chi connectivity index (χ2n) is 7.56. The van der Waals surface area contributed by atoms with E-state index in [1.807, 2.05) is 28.3 Å². The number of aromatic nitrogens is 4. The van der Waals surface area contributed by atoms with Crippen molar-refractivity contribution in [3.8, 4) is 5.69 Å². The third-order valence-electron chi connectivity index (χ3n) is 5.34. The van der Waals surface area contributed by atoms with Crippen LogP contribution in [0.1, 0.15) is 20.9 Å². The summed E-state index contributed by atoms with van der Waals surface area (Å²) in [5.74, 6) is -0.209. The molecule has 5 rings (SSSR count). The van der Waals surface area contributed by atoms with Crippen LogP contribution in [0.25, 0.3) is 26.9 Å². The molecule has 0 saturated carbocycles. The van der Waals surface area contributed by atoms with Gasteiger partial charge in [-0.15, -0.1) is 11.3 Å². The molecule has 0 saturated heterocycles. The van der Waals surface area contributed by atoms with Gasteiger partial charge in [0.1, 0.15) is 10.3 Å². The fourth-order valence-electron chi connectivity index (χ4n) is 3.79. The normalized spacial score (nSPS) is 12.0. The summed E-state index contributed by atoms with van der Waals surface area (Å²) in [7, 11) is 0. The van der Waals surface area contributed by atoms with Crippen LogP contribution in [-0.2, 0) is 12.7 Å². The minimum Gasteiger partial charge on any atom is -0.350 e. The van der Waals surface area contributed by atoms with E-state index in [0.29, 0.717) is 24.3 Å². The largest absolute Gasteiger partial charge is 0.416 e. The molecule has 6 nitrogen and oxygen atoms in total. The number of hydrogen-bond acceptors (Lipinski definition) is 4. The molecule has 0 unspecified atom stereocenters. The van der Waals surface area contributed by atoms with Gasteiger partial charge < -0.3 is 9.88 Å². The first-order valence-corrected chi connectivity index (χ1v) is 11.0. The number of thiazole rings is 1. The van der Waals surface area contributed by atoms with Gasteiger partial charge >= 0.3 is 6.18 Å². The van der Waals surface area contributed by atoms with Gasteiger partial charge in [0.15, 0.2) is 0 Å². The lowest BCUT2D eigenvalue weighted by Crippen LogP contribution is -2.26. The lowest BCUT2D eigenvalue weighted by molar-refractivity contribution is -0.137.